The van der Waals surface area contributed by atoms with Crippen molar-refractivity contribution in [3.05, 3.63) is 81.3 Å². The Morgan fingerprint density at radius 1 is 1.00 bits per heavy atom. The number of hydrogen-bond donors (Lipinski definition) is 0. The molecular formula is C24H28N4O2. The van der Waals surface area contributed by atoms with E-state index in [1.165, 1.54) is 11.1 Å². The lowest BCUT2D eigenvalue weighted by Crippen LogP contribution is -2.47. The van der Waals surface area contributed by atoms with E-state index in [0.29, 0.717) is 25.7 Å². The Labute approximate surface area is 177 Å². The highest BCUT2D eigenvalue weighted by molar-refractivity contribution is 5.59. The largest absolute Gasteiger partial charge is 0.497 e. The lowest BCUT2D eigenvalue weighted by molar-refractivity contribution is 0.189. The topological polar surface area (TPSA) is 50.6 Å². The molecule has 156 valence electrons. The summed E-state index contributed by atoms with van der Waals surface area (Å²) in [5, 5.41) is 0. The van der Waals surface area contributed by atoms with Crippen LogP contribution in [-0.2, 0) is 19.6 Å². The van der Waals surface area contributed by atoms with Crippen molar-refractivity contribution in [3.8, 4) is 5.75 Å². The van der Waals surface area contributed by atoms with Crippen LogP contribution < -0.4 is 15.2 Å². The van der Waals surface area contributed by atoms with Gasteiger partial charge >= 0.3 is 0 Å². The first-order valence-corrected chi connectivity index (χ1v) is 10.3. The summed E-state index contributed by atoms with van der Waals surface area (Å²) in [5.74, 6) is 1.50. The van der Waals surface area contributed by atoms with E-state index < -0.39 is 0 Å². The second kappa shape index (κ2) is 8.32. The van der Waals surface area contributed by atoms with Crippen LogP contribution in [0.3, 0.4) is 0 Å². The number of anilines is 2. The van der Waals surface area contributed by atoms with Gasteiger partial charge < -0.3 is 4.74 Å². The molecule has 0 saturated carbocycles. The van der Waals surface area contributed by atoms with Gasteiger partial charge in [0.2, 0.25) is 5.95 Å². The summed E-state index contributed by atoms with van der Waals surface area (Å²) in [5.41, 5.74) is 5.08. The third kappa shape index (κ3) is 3.83. The molecule has 2 aromatic carbocycles. The minimum atomic E-state index is 0.0483. The van der Waals surface area contributed by atoms with Crippen molar-refractivity contribution >= 4 is 11.6 Å². The number of fused-ring (bicyclic) bond motifs is 1. The van der Waals surface area contributed by atoms with E-state index in [-0.39, 0.29) is 5.56 Å². The summed E-state index contributed by atoms with van der Waals surface area (Å²) in [6.07, 6.45) is 0.679. The van der Waals surface area contributed by atoms with E-state index in [0.717, 1.165) is 29.2 Å². The Bertz CT molecular complexity index is 1090. The predicted octanol–water partition coefficient (Wildman–Crippen LogP) is 4.00. The van der Waals surface area contributed by atoms with Crippen LogP contribution in [0.1, 0.15) is 29.3 Å². The number of ether oxygens (including phenoxy) is 1. The first-order chi connectivity index (χ1) is 14.5. The third-order valence-corrected chi connectivity index (χ3v) is 5.64. The van der Waals surface area contributed by atoms with Gasteiger partial charge in [-0.15, -0.1) is 0 Å². The zero-order valence-electron chi connectivity index (χ0n) is 18.1. The van der Waals surface area contributed by atoms with Crippen molar-refractivity contribution in [2.45, 2.75) is 40.4 Å². The molecule has 0 spiro atoms. The van der Waals surface area contributed by atoms with Crippen molar-refractivity contribution in [1.29, 1.82) is 0 Å². The minimum absolute atomic E-state index is 0.0483. The Balaban J connectivity index is 1.76. The van der Waals surface area contributed by atoms with Gasteiger partial charge in [-0.05, 0) is 50.1 Å². The molecule has 0 aliphatic carbocycles. The molecule has 1 aliphatic rings. The zero-order valence-corrected chi connectivity index (χ0v) is 18.1. The molecule has 0 unspecified atom stereocenters. The van der Waals surface area contributed by atoms with Crippen molar-refractivity contribution in [1.82, 2.24) is 14.5 Å². The maximum atomic E-state index is 13.2. The first kappa shape index (κ1) is 20.2. The summed E-state index contributed by atoms with van der Waals surface area (Å²) < 4.78 is 7.10. The Morgan fingerprint density at radius 2 is 1.70 bits per heavy atom. The maximum Gasteiger partial charge on any atom is 0.259 e. The van der Waals surface area contributed by atoms with Crippen LogP contribution in [0.15, 0.2) is 53.3 Å². The summed E-state index contributed by atoms with van der Waals surface area (Å²) in [6, 6.07) is 16.4. The molecule has 6 heteroatoms. The van der Waals surface area contributed by atoms with Crippen LogP contribution in [0.5, 0.6) is 5.75 Å². The molecule has 0 bridgehead atoms. The quantitative estimate of drug-likeness (QED) is 0.643. The van der Waals surface area contributed by atoms with Gasteiger partial charge in [0.15, 0.2) is 0 Å². The van der Waals surface area contributed by atoms with Crippen LogP contribution in [0.25, 0.3) is 0 Å². The van der Waals surface area contributed by atoms with Gasteiger partial charge in [-0.25, -0.2) is 4.98 Å². The fraction of sp³-hybridized carbons (Fsp3) is 0.333. The SMILES string of the molecule is CCc1c(C)nc2n(c1=O)CN(Cc1ccc(C)cc1)CN2c1ccc(OC)cc1. The van der Waals surface area contributed by atoms with Crippen LogP contribution in [0, 0.1) is 13.8 Å². The number of methoxy groups -OCH3 is 1. The molecule has 30 heavy (non-hydrogen) atoms. The number of aromatic nitrogens is 2. The molecule has 0 N–H and O–H groups in total. The third-order valence-electron chi connectivity index (χ3n) is 5.64. The van der Waals surface area contributed by atoms with Gasteiger partial charge in [-0.3, -0.25) is 19.2 Å². The van der Waals surface area contributed by atoms with E-state index in [9.17, 15) is 4.79 Å². The Hall–Kier alpha value is -3.12. The fourth-order valence-corrected chi connectivity index (χ4v) is 3.95. The van der Waals surface area contributed by atoms with Crippen LogP contribution >= 0.6 is 0 Å². The smallest absolute Gasteiger partial charge is 0.259 e. The first-order valence-electron chi connectivity index (χ1n) is 10.3. The van der Waals surface area contributed by atoms with Gasteiger partial charge in [0, 0.05) is 23.5 Å². The Kier molecular flexibility index (Phi) is 5.59. The molecule has 3 aromatic rings. The van der Waals surface area contributed by atoms with Crippen molar-refractivity contribution < 1.29 is 4.74 Å². The maximum absolute atomic E-state index is 13.2. The highest BCUT2D eigenvalue weighted by Crippen LogP contribution is 2.29. The molecule has 0 fully saturated rings. The van der Waals surface area contributed by atoms with Crippen LogP contribution in [0.2, 0.25) is 0 Å². The van der Waals surface area contributed by atoms with Crippen molar-refractivity contribution in [2.24, 2.45) is 0 Å². The van der Waals surface area contributed by atoms with Gasteiger partial charge in [0.05, 0.1) is 20.4 Å². The van der Waals surface area contributed by atoms with E-state index in [4.69, 9.17) is 9.72 Å². The van der Waals surface area contributed by atoms with Gasteiger partial charge in [0.1, 0.15) is 5.75 Å². The lowest BCUT2D eigenvalue weighted by atomic mass is 10.1. The minimum Gasteiger partial charge on any atom is -0.497 e. The number of hydrogen-bond acceptors (Lipinski definition) is 5. The monoisotopic (exact) mass is 404 g/mol. The number of benzene rings is 2. The van der Waals surface area contributed by atoms with E-state index in [1.54, 1.807) is 11.7 Å². The van der Waals surface area contributed by atoms with Gasteiger partial charge in [-0.2, -0.15) is 0 Å². The van der Waals surface area contributed by atoms with Gasteiger partial charge in [0.25, 0.3) is 5.56 Å². The molecule has 0 amide bonds. The zero-order chi connectivity index (χ0) is 21.3. The number of aryl methyl sites for hydroxylation is 2. The molecule has 1 aromatic heterocycles. The molecule has 0 atom stereocenters. The average Bonchev–Trinajstić information content (AvgIpc) is 2.76. The van der Waals surface area contributed by atoms with E-state index in [2.05, 4.69) is 41.0 Å². The van der Waals surface area contributed by atoms with Crippen molar-refractivity contribution in [3.63, 3.8) is 0 Å². The van der Waals surface area contributed by atoms with Crippen LogP contribution in [0.4, 0.5) is 11.6 Å². The predicted molar refractivity (Wildman–Crippen MR) is 119 cm³/mol. The fourth-order valence-electron chi connectivity index (χ4n) is 3.95. The molecule has 0 saturated heterocycles. The highest BCUT2D eigenvalue weighted by Gasteiger charge is 2.27. The summed E-state index contributed by atoms with van der Waals surface area (Å²) >= 11 is 0. The highest BCUT2D eigenvalue weighted by atomic mass is 16.5. The second-order valence-corrected chi connectivity index (χ2v) is 7.79. The number of rotatable bonds is 5. The number of nitrogens with zero attached hydrogens (tertiary/aromatic N) is 4. The van der Waals surface area contributed by atoms with E-state index >= 15 is 0 Å². The lowest BCUT2D eigenvalue weighted by Gasteiger charge is -2.38. The van der Waals surface area contributed by atoms with Crippen LogP contribution in [-0.4, -0.2) is 28.2 Å². The van der Waals surface area contributed by atoms with Crippen molar-refractivity contribution in [2.75, 3.05) is 18.7 Å². The molecule has 0 radical (unpaired) electrons. The summed E-state index contributed by atoms with van der Waals surface area (Å²) in [7, 11) is 1.66. The molecule has 1 aliphatic heterocycles. The standard InChI is InChI=1S/C24H28N4O2/c1-5-22-18(3)25-24-27(20-10-12-21(30-4)13-11-20)15-26(16-28(24)23(22)29)14-19-8-6-17(2)7-9-19/h6-13H,5,14-16H2,1-4H3. The molecular weight excluding hydrogens is 376 g/mol. The molecule has 4 rings (SSSR count). The van der Waals surface area contributed by atoms with E-state index in [1.807, 2.05) is 38.1 Å². The Morgan fingerprint density at radius 3 is 2.33 bits per heavy atom. The normalized spacial score (nSPS) is 13.9. The van der Waals surface area contributed by atoms with Gasteiger partial charge in [-0.1, -0.05) is 36.8 Å². The average molecular weight is 405 g/mol. The summed E-state index contributed by atoms with van der Waals surface area (Å²) in [6.45, 7) is 7.95. The second-order valence-electron chi connectivity index (χ2n) is 7.79. The molecule has 2 heterocycles. The molecule has 6 nitrogen and oxygen atoms in total. The summed E-state index contributed by atoms with van der Waals surface area (Å²) in [4.78, 5) is 22.4.